The number of rotatable bonds is 25. The van der Waals surface area contributed by atoms with Crippen molar-refractivity contribution in [1.82, 2.24) is 5.32 Å². The van der Waals surface area contributed by atoms with Crippen LogP contribution in [-0.2, 0) is 38.0 Å². The fourth-order valence-corrected chi connectivity index (χ4v) is 7.69. The Kier molecular flexibility index (Phi) is 21.8. The van der Waals surface area contributed by atoms with Crippen LogP contribution in [0.1, 0.15) is 78.1 Å². The van der Waals surface area contributed by atoms with Crippen molar-refractivity contribution in [2.45, 2.75) is 164 Å². The van der Waals surface area contributed by atoms with Crippen LogP contribution >= 0.6 is 11.8 Å². The lowest BCUT2D eigenvalue weighted by Gasteiger charge is -2.48. The molecule has 11 N–H and O–H groups in total. The maximum absolute atomic E-state index is 12.4. The van der Waals surface area contributed by atoms with E-state index in [4.69, 9.17) is 28.4 Å². The number of ether oxygens (including phenoxy) is 6. The first-order valence-electron chi connectivity index (χ1n) is 20.0. The summed E-state index contributed by atoms with van der Waals surface area (Å²) in [6.45, 7) is 0.843. The highest BCUT2D eigenvalue weighted by Crippen LogP contribution is 2.38. The molecule has 19 nitrogen and oxygen atoms in total. The molecular weight excluding hydrogens is 778 g/mol. The molecule has 0 bridgehead atoms. The molecule has 0 radical (unpaired) electrons. The zero-order valence-electron chi connectivity index (χ0n) is 33.1. The second kappa shape index (κ2) is 24.8. The fourth-order valence-electron chi connectivity index (χ4n) is 7.20. The SMILES string of the molecule is CSCCCCCCCCCCC(=O)NCCO[C@@H]1OC(CO)[C@@H](O[C@@H]2OC(CO[C@]3(C(=O)O)C[C@@H](O)[C@@H](C)C([C@H](O)[C@H](O)CO)O3)[C@H](O)[C@H](O)C2O)[C@H](O)C1C. The van der Waals surface area contributed by atoms with Gasteiger partial charge in [-0.2, -0.15) is 11.8 Å². The quantitative estimate of drug-likeness (QED) is 0.0452. The standard InChI is InChI=1S/C37H67NO18S/c1-20-22(41)16-37(36(49)50,56-32(20)28(45)23(42)17-39)52-19-25-29(46)30(47)31(48)35(54-25)55-33-24(18-40)53-34(21(2)27(33)44)51-14-13-38-26(43)12-10-8-6-4-5-7-9-11-15-57-3/h20-25,27-35,39-42,44-48H,4-19H2,1-3H3,(H,38,43)(H,49,50)/t20-,21?,22-,23-,24?,25?,27-,28-,29+,30+,31?,32?,33-,34-,35+,37-/m1/s1. The summed E-state index contributed by atoms with van der Waals surface area (Å²) < 4.78 is 34.3. The van der Waals surface area contributed by atoms with Crippen LogP contribution in [0.4, 0.5) is 0 Å². The van der Waals surface area contributed by atoms with Crippen molar-refractivity contribution in [3.8, 4) is 0 Å². The lowest BCUT2D eigenvalue weighted by Crippen LogP contribution is -2.64. The molecule has 0 saturated carbocycles. The number of hydrogen-bond acceptors (Lipinski definition) is 18. The van der Waals surface area contributed by atoms with Crippen LogP contribution in [0, 0.1) is 11.8 Å². The van der Waals surface area contributed by atoms with Gasteiger partial charge in [-0.15, -0.1) is 0 Å². The molecule has 5 unspecified atom stereocenters. The molecule has 3 saturated heterocycles. The molecule has 0 aromatic rings. The Balaban J connectivity index is 1.51. The number of aliphatic carboxylic acids is 1. The summed E-state index contributed by atoms with van der Waals surface area (Å²) >= 11 is 1.87. The minimum atomic E-state index is -2.65. The Morgan fingerprint density at radius 1 is 0.842 bits per heavy atom. The number of carbonyl (C=O) groups is 2. The van der Waals surface area contributed by atoms with E-state index < -0.39 is 130 Å². The second-order valence-corrected chi connectivity index (χ2v) is 16.3. The molecule has 1 amide bonds. The smallest absolute Gasteiger partial charge is 0.364 e. The van der Waals surface area contributed by atoms with Crippen molar-refractivity contribution < 1.29 is 89.1 Å². The highest BCUT2D eigenvalue weighted by Gasteiger charge is 2.56. The lowest BCUT2D eigenvalue weighted by molar-refractivity contribution is -0.364. The highest BCUT2D eigenvalue weighted by atomic mass is 32.2. The van der Waals surface area contributed by atoms with E-state index in [1.165, 1.54) is 44.8 Å². The van der Waals surface area contributed by atoms with Gasteiger partial charge in [0.05, 0.1) is 44.7 Å². The van der Waals surface area contributed by atoms with E-state index in [0.29, 0.717) is 6.42 Å². The average molecular weight is 846 g/mol. The second-order valence-electron chi connectivity index (χ2n) is 15.3. The third kappa shape index (κ3) is 14.1. The van der Waals surface area contributed by atoms with E-state index in [9.17, 15) is 60.7 Å². The first-order valence-corrected chi connectivity index (χ1v) is 21.4. The zero-order chi connectivity index (χ0) is 42.3. The molecule has 0 aliphatic carbocycles. The molecule has 3 rings (SSSR count). The number of carboxylic acids is 1. The summed E-state index contributed by atoms with van der Waals surface area (Å²) in [4.78, 5) is 24.7. The van der Waals surface area contributed by atoms with Gasteiger partial charge in [-0.1, -0.05) is 52.4 Å². The van der Waals surface area contributed by atoms with Gasteiger partial charge in [-0.25, -0.2) is 4.79 Å². The predicted octanol–water partition coefficient (Wildman–Crippen LogP) is -1.80. The summed E-state index contributed by atoms with van der Waals surface area (Å²) in [6.07, 6.45) is -9.73. The number of aliphatic hydroxyl groups is 9. The van der Waals surface area contributed by atoms with E-state index in [1.54, 1.807) is 6.92 Å². The number of thioether (sulfide) groups is 1. The number of amides is 1. The molecule has 0 aromatic heterocycles. The third-order valence-electron chi connectivity index (χ3n) is 11.0. The predicted molar refractivity (Wildman–Crippen MR) is 201 cm³/mol. The van der Waals surface area contributed by atoms with Gasteiger partial charge in [0.2, 0.25) is 5.91 Å². The topological polar surface area (TPSA) is 304 Å². The van der Waals surface area contributed by atoms with E-state index >= 15 is 0 Å². The first kappa shape index (κ1) is 50.0. The van der Waals surface area contributed by atoms with E-state index in [-0.39, 0.29) is 19.1 Å². The Morgan fingerprint density at radius 3 is 2.09 bits per heavy atom. The van der Waals surface area contributed by atoms with Crippen LogP contribution in [0.25, 0.3) is 0 Å². The van der Waals surface area contributed by atoms with E-state index in [1.807, 2.05) is 11.8 Å². The van der Waals surface area contributed by atoms with Crippen molar-refractivity contribution in [2.24, 2.45) is 11.8 Å². The summed E-state index contributed by atoms with van der Waals surface area (Å²) in [7, 11) is 0. The monoisotopic (exact) mass is 845 g/mol. The third-order valence-corrected chi connectivity index (χ3v) is 11.7. The van der Waals surface area contributed by atoms with Gasteiger partial charge in [0.15, 0.2) is 12.6 Å². The van der Waals surface area contributed by atoms with Gasteiger partial charge in [0.1, 0.15) is 48.8 Å². The molecule has 57 heavy (non-hydrogen) atoms. The molecule has 3 aliphatic rings. The van der Waals surface area contributed by atoms with Gasteiger partial charge >= 0.3 is 5.97 Å². The molecule has 3 heterocycles. The number of nitrogens with one attached hydrogen (secondary N) is 1. The maximum atomic E-state index is 12.4. The van der Waals surface area contributed by atoms with Crippen molar-refractivity contribution in [1.29, 1.82) is 0 Å². The van der Waals surface area contributed by atoms with Crippen LogP contribution < -0.4 is 5.32 Å². The van der Waals surface area contributed by atoms with Gasteiger partial charge in [-0.3, -0.25) is 4.79 Å². The molecule has 0 spiro atoms. The summed E-state index contributed by atoms with van der Waals surface area (Å²) in [5.74, 6) is -4.97. The van der Waals surface area contributed by atoms with E-state index in [2.05, 4.69) is 11.6 Å². The number of hydrogen-bond donors (Lipinski definition) is 11. The Morgan fingerprint density at radius 2 is 1.47 bits per heavy atom. The number of unbranched alkanes of at least 4 members (excludes halogenated alkanes) is 7. The van der Waals surface area contributed by atoms with Gasteiger partial charge in [0, 0.05) is 31.2 Å². The Labute approximate surface area is 337 Å². The van der Waals surface area contributed by atoms with Crippen LogP contribution in [-0.4, -0.2) is 193 Å². The summed E-state index contributed by atoms with van der Waals surface area (Å²) in [6, 6.07) is 0. The molecule has 0 aromatic carbocycles. The lowest BCUT2D eigenvalue weighted by atomic mass is 9.84. The van der Waals surface area contributed by atoms with Crippen molar-refractivity contribution in [2.75, 3.05) is 45.0 Å². The first-order chi connectivity index (χ1) is 27.1. The average Bonchev–Trinajstić information content (AvgIpc) is 3.19. The van der Waals surface area contributed by atoms with Crippen LogP contribution in [0.15, 0.2) is 0 Å². The maximum Gasteiger partial charge on any atom is 0.364 e. The Hall–Kier alpha value is -1.31. The number of aliphatic hydroxyl groups excluding tert-OH is 9. The van der Waals surface area contributed by atoms with Crippen LogP contribution in [0.2, 0.25) is 0 Å². The van der Waals surface area contributed by atoms with Gasteiger partial charge in [0.25, 0.3) is 5.79 Å². The van der Waals surface area contributed by atoms with Gasteiger partial charge in [-0.05, 0) is 24.9 Å². The molecular formula is C37H67NO18S. The highest BCUT2D eigenvalue weighted by molar-refractivity contribution is 7.98. The number of carboxylic acid groups (broad SMARTS) is 1. The number of carbonyl (C=O) groups excluding carboxylic acids is 1. The fraction of sp³-hybridized carbons (Fsp3) is 0.946. The summed E-state index contributed by atoms with van der Waals surface area (Å²) in [5, 5.41) is 107. The molecule has 16 atom stereocenters. The van der Waals surface area contributed by atoms with Crippen LogP contribution in [0.5, 0.6) is 0 Å². The summed E-state index contributed by atoms with van der Waals surface area (Å²) in [5.41, 5.74) is 0. The normalized spacial score (nSPS) is 37.1. The van der Waals surface area contributed by atoms with Gasteiger partial charge < -0.3 is 84.8 Å². The Bertz CT molecular complexity index is 1180. The van der Waals surface area contributed by atoms with Crippen molar-refractivity contribution in [3.05, 3.63) is 0 Å². The zero-order valence-corrected chi connectivity index (χ0v) is 33.9. The molecule has 20 heteroatoms. The molecule has 334 valence electrons. The van der Waals surface area contributed by atoms with Crippen molar-refractivity contribution >= 4 is 23.6 Å². The van der Waals surface area contributed by atoms with Crippen LogP contribution in [0.3, 0.4) is 0 Å². The molecule has 3 fully saturated rings. The minimum Gasteiger partial charge on any atom is -0.477 e. The van der Waals surface area contributed by atoms with Crippen molar-refractivity contribution in [3.63, 3.8) is 0 Å². The molecule has 3 aliphatic heterocycles. The minimum absolute atomic E-state index is 0.0447. The largest absolute Gasteiger partial charge is 0.477 e. The van der Waals surface area contributed by atoms with E-state index in [0.717, 1.165) is 19.3 Å².